The first-order chi connectivity index (χ1) is 12.8. The molecule has 1 saturated carbocycles. The Morgan fingerprint density at radius 3 is 2.85 bits per heavy atom. The van der Waals surface area contributed by atoms with E-state index in [-0.39, 0.29) is 0 Å². The highest BCUT2D eigenvalue weighted by Gasteiger charge is 2.14. The van der Waals surface area contributed by atoms with E-state index >= 15 is 0 Å². The van der Waals surface area contributed by atoms with E-state index in [1.807, 2.05) is 7.05 Å². The van der Waals surface area contributed by atoms with E-state index in [1.54, 1.807) is 0 Å². The van der Waals surface area contributed by atoms with Crippen LogP contribution in [0.3, 0.4) is 0 Å². The van der Waals surface area contributed by atoms with Crippen LogP contribution in [0.15, 0.2) is 29.4 Å². The number of aromatic amines is 1. The molecule has 0 radical (unpaired) electrons. The summed E-state index contributed by atoms with van der Waals surface area (Å²) in [6, 6.07) is 6.57. The first-order valence-electron chi connectivity index (χ1n) is 9.89. The largest absolute Gasteiger partial charge is 0.378 e. The lowest BCUT2D eigenvalue weighted by molar-refractivity contribution is 0.0574. The number of benzene rings is 1. The van der Waals surface area contributed by atoms with E-state index in [0.29, 0.717) is 6.10 Å². The van der Waals surface area contributed by atoms with Gasteiger partial charge in [0.05, 0.1) is 6.10 Å². The van der Waals surface area contributed by atoms with Gasteiger partial charge >= 0.3 is 0 Å². The molecule has 0 unspecified atom stereocenters. The van der Waals surface area contributed by atoms with Crippen LogP contribution in [-0.4, -0.2) is 43.8 Å². The number of hydrogen-bond donors (Lipinski definition) is 3. The lowest BCUT2D eigenvalue weighted by Crippen LogP contribution is -2.39. The molecule has 5 nitrogen and oxygen atoms in total. The van der Waals surface area contributed by atoms with E-state index in [9.17, 15) is 0 Å². The van der Waals surface area contributed by atoms with Crippen LogP contribution >= 0.6 is 0 Å². The summed E-state index contributed by atoms with van der Waals surface area (Å²) in [4.78, 5) is 7.67. The molecule has 1 aliphatic carbocycles. The maximum Gasteiger partial charge on any atom is 0.190 e. The van der Waals surface area contributed by atoms with Crippen LogP contribution in [0, 0.1) is 6.92 Å². The molecule has 1 heterocycles. The highest BCUT2D eigenvalue weighted by atomic mass is 16.5. The van der Waals surface area contributed by atoms with Crippen molar-refractivity contribution < 1.29 is 4.74 Å². The smallest absolute Gasteiger partial charge is 0.190 e. The molecule has 142 valence electrons. The first kappa shape index (κ1) is 18.8. The Kier molecular flexibility index (Phi) is 6.95. The normalized spacial score (nSPS) is 15.7. The number of hydrogen-bond acceptors (Lipinski definition) is 2. The fourth-order valence-corrected chi connectivity index (χ4v) is 3.63. The van der Waals surface area contributed by atoms with Gasteiger partial charge in [0.2, 0.25) is 0 Å². The van der Waals surface area contributed by atoms with Gasteiger partial charge in [0.1, 0.15) is 0 Å². The number of aliphatic imine (C=N–C) groups is 1. The van der Waals surface area contributed by atoms with Gasteiger partial charge in [-0.1, -0.05) is 25.0 Å². The SMILES string of the molecule is CN=C(NCCCOC1CCCC1)NCCc1c[nH]c2cc(C)ccc12. The molecule has 0 bridgehead atoms. The molecule has 0 spiro atoms. The maximum absolute atomic E-state index is 5.89. The summed E-state index contributed by atoms with van der Waals surface area (Å²) in [6.07, 6.45) is 9.74. The molecule has 0 atom stereocenters. The molecule has 1 aromatic heterocycles. The summed E-state index contributed by atoms with van der Waals surface area (Å²) < 4.78 is 5.89. The molecule has 0 amide bonds. The molecule has 26 heavy (non-hydrogen) atoms. The molecule has 5 heteroatoms. The van der Waals surface area contributed by atoms with Crippen LogP contribution in [0.1, 0.15) is 43.2 Å². The van der Waals surface area contributed by atoms with Crippen LogP contribution in [-0.2, 0) is 11.2 Å². The summed E-state index contributed by atoms with van der Waals surface area (Å²) in [5.74, 6) is 0.863. The zero-order chi connectivity index (χ0) is 18.2. The average molecular weight is 357 g/mol. The third-order valence-corrected chi connectivity index (χ3v) is 5.10. The van der Waals surface area contributed by atoms with E-state index in [2.05, 4.69) is 51.9 Å². The Hall–Kier alpha value is -2.01. The average Bonchev–Trinajstić information content (AvgIpc) is 3.29. The van der Waals surface area contributed by atoms with Gasteiger partial charge in [-0.05, 0) is 49.8 Å². The summed E-state index contributed by atoms with van der Waals surface area (Å²) in [7, 11) is 1.82. The predicted molar refractivity (Wildman–Crippen MR) is 109 cm³/mol. The standard InChI is InChI=1S/C21H32N4O/c1-16-8-9-19-17(15-25-20(19)14-16)10-12-24-21(22-2)23-11-5-13-26-18-6-3-4-7-18/h8-9,14-15,18,25H,3-7,10-13H2,1-2H3,(H2,22,23,24). The van der Waals surface area contributed by atoms with Crippen LogP contribution in [0.25, 0.3) is 10.9 Å². The van der Waals surface area contributed by atoms with Gasteiger partial charge in [-0.15, -0.1) is 0 Å². The van der Waals surface area contributed by atoms with E-state index in [1.165, 1.54) is 47.7 Å². The molecule has 3 rings (SSSR count). The number of nitrogens with one attached hydrogen (secondary N) is 3. The number of fused-ring (bicyclic) bond motifs is 1. The molecular weight excluding hydrogens is 324 g/mol. The predicted octanol–water partition coefficient (Wildman–Crippen LogP) is 3.53. The number of ether oxygens (including phenoxy) is 1. The van der Waals surface area contributed by atoms with Crippen LogP contribution in [0.2, 0.25) is 0 Å². The summed E-state index contributed by atoms with van der Waals surface area (Å²) in [5, 5.41) is 8.08. The first-order valence-corrected chi connectivity index (χ1v) is 9.89. The summed E-state index contributed by atoms with van der Waals surface area (Å²) in [5.41, 5.74) is 3.84. The second-order valence-electron chi connectivity index (χ2n) is 7.17. The van der Waals surface area contributed by atoms with Crippen molar-refractivity contribution in [2.24, 2.45) is 4.99 Å². The number of aromatic nitrogens is 1. The van der Waals surface area contributed by atoms with Crippen molar-refractivity contribution in [3.05, 3.63) is 35.5 Å². The van der Waals surface area contributed by atoms with E-state index < -0.39 is 0 Å². The number of aryl methyl sites for hydroxylation is 1. The van der Waals surface area contributed by atoms with Crippen LogP contribution < -0.4 is 10.6 Å². The van der Waals surface area contributed by atoms with Gasteiger partial charge in [0.25, 0.3) is 0 Å². The Balaban J connectivity index is 1.34. The lowest BCUT2D eigenvalue weighted by Gasteiger charge is -2.13. The molecule has 1 aromatic carbocycles. The third kappa shape index (κ3) is 5.24. The van der Waals surface area contributed by atoms with Gasteiger partial charge in [-0.3, -0.25) is 4.99 Å². The fourth-order valence-electron chi connectivity index (χ4n) is 3.63. The Morgan fingerprint density at radius 2 is 2.04 bits per heavy atom. The van der Waals surface area contributed by atoms with Crippen LogP contribution in [0.4, 0.5) is 0 Å². The zero-order valence-electron chi connectivity index (χ0n) is 16.1. The van der Waals surface area contributed by atoms with Crippen molar-refractivity contribution in [2.45, 2.75) is 51.6 Å². The van der Waals surface area contributed by atoms with E-state index in [4.69, 9.17) is 4.74 Å². The maximum atomic E-state index is 5.89. The van der Waals surface area contributed by atoms with E-state index in [0.717, 1.165) is 38.5 Å². The van der Waals surface area contributed by atoms with Crippen molar-refractivity contribution in [3.8, 4) is 0 Å². The summed E-state index contributed by atoms with van der Waals surface area (Å²) in [6.45, 7) is 4.71. The zero-order valence-corrected chi connectivity index (χ0v) is 16.1. The van der Waals surface area contributed by atoms with Crippen molar-refractivity contribution in [3.63, 3.8) is 0 Å². The van der Waals surface area contributed by atoms with Gasteiger partial charge in [0.15, 0.2) is 5.96 Å². The minimum Gasteiger partial charge on any atom is -0.378 e. The Labute approximate surface area is 156 Å². The fraction of sp³-hybridized carbons (Fsp3) is 0.571. The molecule has 1 aliphatic rings. The number of guanidine groups is 1. The molecule has 0 saturated heterocycles. The van der Waals surface area contributed by atoms with Gasteiger partial charge in [-0.25, -0.2) is 0 Å². The van der Waals surface area contributed by atoms with Crippen molar-refractivity contribution >= 4 is 16.9 Å². The number of nitrogens with zero attached hydrogens (tertiary/aromatic N) is 1. The van der Waals surface area contributed by atoms with Crippen molar-refractivity contribution in [2.75, 3.05) is 26.7 Å². The minimum atomic E-state index is 0.507. The third-order valence-electron chi connectivity index (χ3n) is 5.10. The van der Waals surface area contributed by atoms with Gasteiger partial charge < -0.3 is 20.4 Å². The topological polar surface area (TPSA) is 61.4 Å². The van der Waals surface area contributed by atoms with Crippen molar-refractivity contribution in [1.29, 1.82) is 0 Å². The number of rotatable bonds is 8. The van der Waals surface area contributed by atoms with Crippen LogP contribution in [0.5, 0.6) is 0 Å². The number of H-pyrrole nitrogens is 1. The quantitative estimate of drug-likeness (QED) is 0.385. The minimum absolute atomic E-state index is 0.507. The highest BCUT2D eigenvalue weighted by molar-refractivity contribution is 5.84. The highest BCUT2D eigenvalue weighted by Crippen LogP contribution is 2.21. The second kappa shape index (κ2) is 9.62. The second-order valence-corrected chi connectivity index (χ2v) is 7.17. The van der Waals surface area contributed by atoms with Gasteiger partial charge in [0, 0.05) is 43.8 Å². The monoisotopic (exact) mass is 356 g/mol. The molecule has 0 aliphatic heterocycles. The summed E-state index contributed by atoms with van der Waals surface area (Å²) >= 11 is 0. The molecule has 3 N–H and O–H groups in total. The molecular formula is C21H32N4O. The Bertz CT molecular complexity index is 716. The lowest BCUT2D eigenvalue weighted by atomic mass is 10.1. The Morgan fingerprint density at radius 1 is 1.23 bits per heavy atom. The van der Waals surface area contributed by atoms with Gasteiger partial charge in [-0.2, -0.15) is 0 Å². The molecule has 2 aromatic rings. The van der Waals surface area contributed by atoms with Crippen molar-refractivity contribution in [1.82, 2.24) is 15.6 Å². The molecule has 1 fully saturated rings.